The summed E-state index contributed by atoms with van der Waals surface area (Å²) in [7, 11) is 0. The van der Waals surface area contributed by atoms with E-state index in [4.69, 9.17) is 18.0 Å². The molecule has 1 heterocycles. The van der Waals surface area contributed by atoms with Crippen LogP contribution < -0.4 is 5.73 Å². The highest BCUT2D eigenvalue weighted by Crippen LogP contribution is 2.17. The monoisotopic (exact) mass is 257 g/mol. The molecule has 0 saturated carbocycles. The number of carbonyl (C=O) groups is 1. The summed E-state index contributed by atoms with van der Waals surface area (Å²) in [6.07, 6.45) is 2.30. The first kappa shape index (κ1) is 14.2. The summed E-state index contributed by atoms with van der Waals surface area (Å²) in [5.41, 5.74) is 5.54. The molecule has 1 atom stereocenters. The summed E-state index contributed by atoms with van der Waals surface area (Å²) in [5, 5.41) is 0. The molecular formula is C12H23N3OS. The highest BCUT2D eigenvalue weighted by molar-refractivity contribution is 7.80. The van der Waals surface area contributed by atoms with Gasteiger partial charge in [-0.15, -0.1) is 0 Å². The molecule has 17 heavy (non-hydrogen) atoms. The predicted octanol–water partition coefficient (Wildman–Crippen LogP) is 1.83. The maximum absolute atomic E-state index is 12.4. The highest BCUT2D eigenvalue weighted by atomic mass is 32.1. The van der Waals surface area contributed by atoms with Crippen LogP contribution in [0.5, 0.6) is 0 Å². The van der Waals surface area contributed by atoms with Crippen LogP contribution in [-0.4, -0.2) is 46.5 Å². The van der Waals surface area contributed by atoms with Crippen LogP contribution in [0.4, 0.5) is 4.79 Å². The van der Waals surface area contributed by atoms with Gasteiger partial charge in [0.25, 0.3) is 0 Å². The maximum atomic E-state index is 12.4. The zero-order valence-electron chi connectivity index (χ0n) is 11.0. The van der Waals surface area contributed by atoms with Crippen LogP contribution >= 0.6 is 12.2 Å². The molecule has 0 bridgehead atoms. The molecule has 0 aromatic heterocycles. The average molecular weight is 257 g/mol. The van der Waals surface area contributed by atoms with Crippen LogP contribution in [-0.2, 0) is 0 Å². The Bertz CT molecular complexity index is 293. The van der Waals surface area contributed by atoms with E-state index in [1.807, 2.05) is 18.7 Å². The van der Waals surface area contributed by atoms with Crippen molar-refractivity contribution < 1.29 is 4.79 Å². The van der Waals surface area contributed by atoms with Gasteiger partial charge in [-0.2, -0.15) is 0 Å². The number of hydrogen-bond donors (Lipinski definition) is 1. The van der Waals surface area contributed by atoms with Crippen LogP contribution in [0.15, 0.2) is 0 Å². The van der Waals surface area contributed by atoms with Crippen molar-refractivity contribution in [2.75, 3.05) is 19.6 Å². The largest absolute Gasteiger partial charge is 0.392 e. The molecule has 0 radical (unpaired) electrons. The lowest BCUT2D eigenvalue weighted by Crippen LogP contribution is -2.51. The molecule has 1 rings (SSSR count). The van der Waals surface area contributed by atoms with E-state index in [2.05, 4.69) is 6.92 Å². The fourth-order valence-corrected chi connectivity index (χ4v) is 2.32. The Morgan fingerprint density at radius 2 is 2.24 bits per heavy atom. The smallest absolute Gasteiger partial charge is 0.320 e. The van der Waals surface area contributed by atoms with Crippen LogP contribution in [0, 0.1) is 5.92 Å². The van der Waals surface area contributed by atoms with Gasteiger partial charge in [-0.25, -0.2) is 4.79 Å². The third-order valence-electron chi connectivity index (χ3n) is 3.12. The molecule has 5 heteroatoms. The number of amides is 2. The van der Waals surface area contributed by atoms with Gasteiger partial charge in [-0.3, -0.25) is 0 Å². The van der Waals surface area contributed by atoms with Gasteiger partial charge >= 0.3 is 6.03 Å². The molecule has 0 aliphatic carbocycles. The number of rotatable bonds is 3. The van der Waals surface area contributed by atoms with E-state index >= 15 is 0 Å². The van der Waals surface area contributed by atoms with Gasteiger partial charge in [-0.05, 0) is 32.6 Å². The Balaban J connectivity index is 2.66. The topological polar surface area (TPSA) is 49.6 Å². The Morgan fingerprint density at radius 3 is 2.71 bits per heavy atom. The van der Waals surface area contributed by atoms with Crippen molar-refractivity contribution in [2.45, 2.75) is 39.7 Å². The van der Waals surface area contributed by atoms with Gasteiger partial charge in [0.15, 0.2) is 0 Å². The number of carbonyl (C=O) groups excluding carboxylic acids is 1. The zero-order valence-corrected chi connectivity index (χ0v) is 11.8. The number of likely N-dealkylation sites (tertiary alicyclic amines) is 1. The molecule has 98 valence electrons. The molecule has 2 N–H and O–H groups in total. The Labute approximate surface area is 109 Å². The van der Waals surface area contributed by atoms with Crippen molar-refractivity contribution in [1.29, 1.82) is 0 Å². The second-order valence-corrected chi connectivity index (χ2v) is 5.69. The Morgan fingerprint density at radius 1 is 1.59 bits per heavy atom. The minimum atomic E-state index is 0.0688. The lowest BCUT2D eigenvalue weighted by molar-refractivity contribution is 0.127. The second-order valence-electron chi connectivity index (χ2n) is 5.16. The summed E-state index contributed by atoms with van der Waals surface area (Å²) in [4.78, 5) is 16.4. The molecule has 0 aromatic carbocycles. The van der Waals surface area contributed by atoms with Crippen molar-refractivity contribution in [1.82, 2.24) is 9.80 Å². The van der Waals surface area contributed by atoms with Crippen LogP contribution in [0.3, 0.4) is 0 Å². The lowest BCUT2D eigenvalue weighted by Gasteiger charge is -2.37. The van der Waals surface area contributed by atoms with E-state index in [0.717, 1.165) is 19.5 Å². The van der Waals surface area contributed by atoms with Crippen molar-refractivity contribution in [3.05, 3.63) is 0 Å². The van der Waals surface area contributed by atoms with E-state index in [1.165, 1.54) is 6.42 Å². The summed E-state index contributed by atoms with van der Waals surface area (Å²) in [6, 6.07) is 0.195. The maximum Gasteiger partial charge on any atom is 0.320 e. The van der Waals surface area contributed by atoms with E-state index in [1.54, 1.807) is 4.90 Å². The molecule has 0 aromatic rings. The van der Waals surface area contributed by atoms with Crippen LogP contribution in [0.25, 0.3) is 0 Å². The van der Waals surface area contributed by atoms with Crippen molar-refractivity contribution in [3.8, 4) is 0 Å². The van der Waals surface area contributed by atoms with E-state index in [0.29, 0.717) is 17.5 Å². The molecule has 4 nitrogen and oxygen atoms in total. The summed E-state index contributed by atoms with van der Waals surface area (Å²) in [5.74, 6) is 0.589. The third kappa shape index (κ3) is 4.15. The Kier molecular flexibility index (Phi) is 5.18. The number of hydrogen-bond acceptors (Lipinski definition) is 2. The number of urea groups is 1. The molecule has 1 aliphatic heterocycles. The minimum absolute atomic E-state index is 0.0688. The van der Waals surface area contributed by atoms with E-state index in [-0.39, 0.29) is 12.1 Å². The second kappa shape index (κ2) is 6.19. The first-order valence-electron chi connectivity index (χ1n) is 6.25. The standard InChI is InChI=1S/C12H23N3OS/c1-9(2)15(8-11(13)17)12(16)14-6-4-5-10(3)7-14/h9-10H,4-8H2,1-3H3,(H2,13,17). The van der Waals surface area contributed by atoms with Gasteiger partial charge in [0.05, 0.1) is 11.5 Å². The number of nitrogens with zero attached hydrogens (tertiary/aromatic N) is 2. The highest BCUT2D eigenvalue weighted by Gasteiger charge is 2.26. The third-order valence-corrected chi connectivity index (χ3v) is 3.25. The number of nitrogens with two attached hydrogens (primary N) is 1. The average Bonchev–Trinajstić information content (AvgIpc) is 2.24. The van der Waals surface area contributed by atoms with Crippen LogP contribution in [0.1, 0.15) is 33.6 Å². The molecule has 2 amide bonds. The molecule has 1 aliphatic rings. The van der Waals surface area contributed by atoms with Crippen molar-refractivity contribution in [3.63, 3.8) is 0 Å². The molecule has 0 spiro atoms. The predicted molar refractivity (Wildman–Crippen MR) is 74.0 cm³/mol. The molecule has 1 saturated heterocycles. The first-order valence-corrected chi connectivity index (χ1v) is 6.66. The van der Waals surface area contributed by atoms with Gasteiger partial charge in [-0.1, -0.05) is 19.1 Å². The fraction of sp³-hybridized carbons (Fsp3) is 0.833. The minimum Gasteiger partial charge on any atom is -0.392 e. The fourth-order valence-electron chi connectivity index (χ4n) is 2.18. The van der Waals surface area contributed by atoms with E-state index < -0.39 is 0 Å². The Hall–Kier alpha value is -0.840. The lowest BCUT2D eigenvalue weighted by atomic mass is 10.0. The molecule has 1 unspecified atom stereocenters. The number of piperidine rings is 1. The zero-order chi connectivity index (χ0) is 13.0. The summed E-state index contributed by atoms with van der Waals surface area (Å²) >= 11 is 4.90. The van der Waals surface area contributed by atoms with Gasteiger partial charge in [0, 0.05) is 19.1 Å². The van der Waals surface area contributed by atoms with Crippen molar-refractivity contribution in [2.24, 2.45) is 11.7 Å². The summed E-state index contributed by atoms with van der Waals surface area (Å²) < 4.78 is 0. The summed E-state index contributed by atoms with van der Waals surface area (Å²) in [6.45, 7) is 8.24. The van der Waals surface area contributed by atoms with Crippen molar-refractivity contribution >= 4 is 23.2 Å². The molecule has 1 fully saturated rings. The van der Waals surface area contributed by atoms with Gasteiger partial charge in [0.1, 0.15) is 0 Å². The SMILES string of the molecule is CC1CCCN(C(=O)N(CC(N)=S)C(C)C)C1. The normalized spacial score (nSPS) is 20.5. The molecular weight excluding hydrogens is 234 g/mol. The number of thiocarbonyl (C=S) groups is 1. The van der Waals surface area contributed by atoms with Gasteiger partial charge in [0.2, 0.25) is 0 Å². The quantitative estimate of drug-likeness (QED) is 0.785. The first-order chi connectivity index (χ1) is 7.91. The van der Waals surface area contributed by atoms with Crippen LogP contribution in [0.2, 0.25) is 0 Å². The van der Waals surface area contributed by atoms with Gasteiger partial charge < -0.3 is 15.5 Å². The van der Waals surface area contributed by atoms with E-state index in [9.17, 15) is 4.79 Å².